The number of carbonyl (C=O) groups is 2. The SMILES string of the molecule is Cc1cccc(C(=O)Oc2ccc(C=C(C#N)C(N)=O)cc2)c1. The normalized spacial score (nSPS) is 10.7. The minimum atomic E-state index is -0.789. The molecule has 0 radical (unpaired) electrons. The lowest BCUT2D eigenvalue weighted by Crippen LogP contribution is -2.12. The zero-order chi connectivity index (χ0) is 16.8. The number of esters is 1. The van der Waals surface area contributed by atoms with Gasteiger partial charge in [0.15, 0.2) is 0 Å². The van der Waals surface area contributed by atoms with E-state index in [9.17, 15) is 9.59 Å². The second kappa shape index (κ2) is 7.05. The van der Waals surface area contributed by atoms with Gasteiger partial charge in [-0.25, -0.2) is 4.79 Å². The molecule has 0 aliphatic heterocycles. The molecule has 5 nitrogen and oxygen atoms in total. The molecule has 0 saturated carbocycles. The second-order valence-corrected chi connectivity index (χ2v) is 4.86. The van der Waals surface area contributed by atoms with Crippen molar-refractivity contribution in [3.63, 3.8) is 0 Å². The number of rotatable bonds is 4. The lowest BCUT2D eigenvalue weighted by atomic mass is 10.1. The van der Waals surface area contributed by atoms with Crippen LogP contribution >= 0.6 is 0 Å². The Bertz CT molecular complexity index is 815. The van der Waals surface area contributed by atoms with Crippen molar-refractivity contribution in [3.05, 3.63) is 70.8 Å². The number of nitrogens with zero attached hydrogens (tertiary/aromatic N) is 1. The van der Waals surface area contributed by atoms with Crippen LogP contribution in [0.25, 0.3) is 6.08 Å². The van der Waals surface area contributed by atoms with Crippen molar-refractivity contribution in [2.75, 3.05) is 0 Å². The van der Waals surface area contributed by atoms with Gasteiger partial charge in [0.2, 0.25) is 0 Å². The molecule has 2 aromatic rings. The predicted octanol–water partition coefficient (Wildman–Crippen LogP) is 2.61. The van der Waals surface area contributed by atoms with Crippen LogP contribution in [0.3, 0.4) is 0 Å². The van der Waals surface area contributed by atoms with Crippen molar-refractivity contribution in [1.29, 1.82) is 5.26 Å². The van der Waals surface area contributed by atoms with Crippen LogP contribution in [-0.4, -0.2) is 11.9 Å². The first-order valence-electron chi connectivity index (χ1n) is 6.80. The van der Waals surface area contributed by atoms with E-state index in [4.69, 9.17) is 15.7 Å². The Kier molecular flexibility index (Phi) is 4.90. The molecule has 0 heterocycles. The number of carbonyl (C=O) groups excluding carboxylic acids is 2. The van der Waals surface area contributed by atoms with Gasteiger partial charge in [0, 0.05) is 0 Å². The molecule has 0 bridgehead atoms. The van der Waals surface area contributed by atoms with E-state index < -0.39 is 11.9 Å². The standard InChI is InChI=1S/C18H14N2O3/c1-12-3-2-4-14(9-12)18(22)23-16-7-5-13(6-8-16)10-15(11-19)17(20)21/h2-10H,1H3,(H2,20,21). The highest BCUT2D eigenvalue weighted by molar-refractivity contribution is 6.00. The summed E-state index contributed by atoms with van der Waals surface area (Å²) < 4.78 is 5.27. The van der Waals surface area contributed by atoms with Gasteiger partial charge in [0.25, 0.3) is 5.91 Å². The van der Waals surface area contributed by atoms with Crippen molar-refractivity contribution in [3.8, 4) is 11.8 Å². The quantitative estimate of drug-likeness (QED) is 0.406. The van der Waals surface area contributed by atoms with Gasteiger partial charge in [-0.1, -0.05) is 29.8 Å². The van der Waals surface area contributed by atoms with Gasteiger partial charge < -0.3 is 10.5 Å². The molecule has 114 valence electrons. The summed E-state index contributed by atoms with van der Waals surface area (Å²) >= 11 is 0. The number of primary amides is 1. The van der Waals surface area contributed by atoms with E-state index in [1.165, 1.54) is 6.08 Å². The first kappa shape index (κ1) is 16.0. The maximum atomic E-state index is 12.0. The van der Waals surface area contributed by atoms with Crippen LogP contribution in [0, 0.1) is 18.3 Å². The summed E-state index contributed by atoms with van der Waals surface area (Å²) in [4.78, 5) is 23.0. The van der Waals surface area contributed by atoms with Crippen LogP contribution in [0.15, 0.2) is 54.1 Å². The molecular formula is C18H14N2O3. The van der Waals surface area contributed by atoms with E-state index in [0.717, 1.165) is 5.56 Å². The summed E-state index contributed by atoms with van der Waals surface area (Å²) in [5.74, 6) is -0.875. The topological polar surface area (TPSA) is 93.2 Å². The average Bonchev–Trinajstić information content (AvgIpc) is 2.53. The molecular weight excluding hydrogens is 292 g/mol. The van der Waals surface area contributed by atoms with E-state index >= 15 is 0 Å². The fraction of sp³-hybridized carbons (Fsp3) is 0.0556. The highest BCUT2D eigenvalue weighted by Gasteiger charge is 2.09. The zero-order valence-corrected chi connectivity index (χ0v) is 12.4. The maximum Gasteiger partial charge on any atom is 0.343 e. The Morgan fingerprint density at radius 1 is 1.17 bits per heavy atom. The summed E-state index contributed by atoms with van der Waals surface area (Å²) in [6.45, 7) is 1.89. The van der Waals surface area contributed by atoms with E-state index in [1.54, 1.807) is 48.5 Å². The summed E-state index contributed by atoms with van der Waals surface area (Å²) in [7, 11) is 0. The number of ether oxygens (including phenoxy) is 1. The highest BCUT2D eigenvalue weighted by Crippen LogP contribution is 2.16. The number of hydrogen-bond acceptors (Lipinski definition) is 4. The largest absolute Gasteiger partial charge is 0.423 e. The number of aryl methyl sites for hydroxylation is 1. The average molecular weight is 306 g/mol. The molecule has 2 N–H and O–H groups in total. The van der Waals surface area contributed by atoms with Crippen LogP contribution < -0.4 is 10.5 Å². The third-order valence-corrected chi connectivity index (χ3v) is 3.04. The fourth-order valence-corrected chi connectivity index (χ4v) is 1.90. The van der Waals surface area contributed by atoms with Gasteiger partial charge in [-0.15, -0.1) is 0 Å². The summed E-state index contributed by atoms with van der Waals surface area (Å²) in [5, 5.41) is 8.79. The highest BCUT2D eigenvalue weighted by atomic mass is 16.5. The van der Waals surface area contributed by atoms with Gasteiger partial charge in [-0.05, 0) is 42.8 Å². The second-order valence-electron chi connectivity index (χ2n) is 4.86. The molecule has 0 aliphatic rings. The molecule has 0 aromatic heterocycles. The minimum absolute atomic E-state index is 0.144. The van der Waals surface area contributed by atoms with Crippen LogP contribution in [0.1, 0.15) is 21.5 Å². The van der Waals surface area contributed by atoms with Gasteiger partial charge in [-0.2, -0.15) is 5.26 Å². The zero-order valence-electron chi connectivity index (χ0n) is 12.4. The van der Waals surface area contributed by atoms with E-state index in [2.05, 4.69) is 0 Å². The number of amides is 1. The Hall–Kier alpha value is -3.39. The Morgan fingerprint density at radius 2 is 1.87 bits per heavy atom. The molecule has 0 saturated heterocycles. The molecule has 0 aliphatic carbocycles. The number of nitrogens with two attached hydrogens (primary N) is 1. The molecule has 2 aromatic carbocycles. The van der Waals surface area contributed by atoms with E-state index in [-0.39, 0.29) is 5.57 Å². The summed E-state index contributed by atoms with van der Waals surface area (Å²) in [5.41, 5.74) is 6.97. The lowest BCUT2D eigenvalue weighted by Gasteiger charge is -2.05. The first-order valence-corrected chi connectivity index (χ1v) is 6.80. The van der Waals surface area contributed by atoms with Crippen molar-refractivity contribution in [1.82, 2.24) is 0 Å². The molecule has 0 fully saturated rings. The number of hydrogen-bond donors (Lipinski definition) is 1. The summed E-state index contributed by atoms with van der Waals surface area (Å²) in [6.07, 6.45) is 1.37. The van der Waals surface area contributed by atoms with Crippen molar-refractivity contribution in [2.24, 2.45) is 5.73 Å². The number of benzene rings is 2. The van der Waals surface area contributed by atoms with Crippen LogP contribution in [0.5, 0.6) is 5.75 Å². The third kappa shape index (κ3) is 4.29. The molecule has 1 amide bonds. The molecule has 0 unspecified atom stereocenters. The van der Waals surface area contributed by atoms with Crippen molar-refractivity contribution in [2.45, 2.75) is 6.92 Å². The van der Waals surface area contributed by atoms with E-state index in [1.807, 2.05) is 13.0 Å². The van der Waals surface area contributed by atoms with Gasteiger partial charge in [0.05, 0.1) is 5.56 Å². The lowest BCUT2D eigenvalue weighted by molar-refractivity contribution is -0.114. The summed E-state index contributed by atoms with van der Waals surface area (Å²) in [6, 6.07) is 15.2. The Labute approximate surface area is 133 Å². The molecule has 0 spiro atoms. The van der Waals surface area contributed by atoms with Crippen LogP contribution in [-0.2, 0) is 4.79 Å². The Balaban J connectivity index is 2.13. The molecule has 0 atom stereocenters. The van der Waals surface area contributed by atoms with Gasteiger partial charge in [-0.3, -0.25) is 4.79 Å². The fourth-order valence-electron chi connectivity index (χ4n) is 1.90. The van der Waals surface area contributed by atoms with Gasteiger partial charge >= 0.3 is 5.97 Å². The predicted molar refractivity (Wildman–Crippen MR) is 85.4 cm³/mol. The van der Waals surface area contributed by atoms with Crippen LogP contribution in [0.2, 0.25) is 0 Å². The minimum Gasteiger partial charge on any atom is -0.423 e. The third-order valence-electron chi connectivity index (χ3n) is 3.04. The molecule has 2 rings (SSSR count). The van der Waals surface area contributed by atoms with Crippen LogP contribution in [0.4, 0.5) is 0 Å². The molecule has 5 heteroatoms. The monoisotopic (exact) mass is 306 g/mol. The molecule has 23 heavy (non-hydrogen) atoms. The van der Waals surface area contributed by atoms with Gasteiger partial charge in [0.1, 0.15) is 17.4 Å². The smallest absolute Gasteiger partial charge is 0.343 e. The van der Waals surface area contributed by atoms with E-state index in [0.29, 0.717) is 16.9 Å². The number of nitriles is 1. The van der Waals surface area contributed by atoms with Crippen molar-refractivity contribution >= 4 is 18.0 Å². The Morgan fingerprint density at radius 3 is 2.43 bits per heavy atom. The van der Waals surface area contributed by atoms with Crippen molar-refractivity contribution < 1.29 is 14.3 Å². The maximum absolute atomic E-state index is 12.0. The first-order chi connectivity index (χ1) is 11.0.